The minimum atomic E-state index is -0.0285. The number of nitrogens with two attached hydrogens (primary N) is 3. The van der Waals surface area contributed by atoms with Crippen molar-refractivity contribution in [2.75, 3.05) is 11.4 Å². The van der Waals surface area contributed by atoms with Crippen LogP contribution in [0.1, 0.15) is 13.3 Å². The molecule has 0 aliphatic carbocycles. The average Bonchev–Trinajstić information content (AvgIpc) is 3.00. The molecule has 9 heteroatoms. The molecule has 24 heavy (non-hydrogen) atoms. The Balaban J connectivity index is 2.37. The number of aromatic nitrogens is 1. The van der Waals surface area contributed by atoms with Crippen molar-refractivity contribution < 1.29 is 0 Å². The minimum Gasteiger partial charge on any atom is -0.370 e. The maximum Gasteiger partial charge on any atom is 0.212 e. The van der Waals surface area contributed by atoms with Gasteiger partial charge in [0, 0.05) is 23.2 Å². The van der Waals surface area contributed by atoms with Gasteiger partial charge in [0.05, 0.1) is 5.69 Å². The van der Waals surface area contributed by atoms with Gasteiger partial charge in [0.1, 0.15) is 0 Å². The van der Waals surface area contributed by atoms with Crippen molar-refractivity contribution in [1.29, 1.82) is 5.26 Å². The second-order valence-electron chi connectivity index (χ2n) is 4.82. The molecule has 0 saturated carbocycles. The lowest BCUT2D eigenvalue weighted by molar-refractivity contribution is 0.897. The van der Waals surface area contributed by atoms with Crippen LogP contribution in [0.25, 0.3) is 11.3 Å². The van der Waals surface area contributed by atoms with E-state index < -0.39 is 0 Å². The summed E-state index contributed by atoms with van der Waals surface area (Å²) in [6.07, 6.45) is 2.57. The molecule has 0 aliphatic rings. The molecular formula is C15H18N8S. The molecular weight excluding hydrogens is 324 g/mol. The Hall–Kier alpha value is -3.12. The molecule has 124 valence electrons. The van der Waals surface area contributed by atoms with E-state index in [9.17, 15) is 0 Å². The van der Waals surface area contributed by atoms with Crippen LogP contribution in [0, 0.1) is 11.5 Å². The van der Waals surface area contributed by atoms with Gasteiger partial charge >= 0.3 is 0 Å². The summed E-state index contributed by atoms with van der Waals surface area (Å²) in [7, 11) is 0. The first-order chi connectivity index (χ1) is 11.5. The third kappa shape index (κ3) is 4.21. The molecule has 0 fully saturated rings. The lowest BCUT2D eigenvalue weighted by atomic mass is 10.1. The van der Waals surface area contributed by atoms with E-state index in [0.717, 1.165) is 23.4 Å². The number of nitriles is 1. The maximum atomic E-state index is 8.72. The van der Waals surface area contributed by atoms with E-state index in [1.807, 2.05) is 36.6 Å². The second kappa shape index (κ2) is 7.94. The molecule has 0 atom stereocenters. The summed E-state index contributed by atoms with van der Waals surface area (Å²) < 4.78 is 0. The van der Waals surface area contributed by atoms with E-state index in [4.69, 9.17) is 22.5 Å². The Labute approximate surface area is 144 Å². The summed E-state index contributed by atoms with van der Waals surface area (Å²) in [4.78, 5) is 13.7. The molecule has 2 aromatic rings. The van der Waals surface area contributed by atoms with Crippen LogP contribution in [0.2, 0.25) is 0 Å². The molecule has 6 N–H and O–H groups in total. The summed E-state index contributed by atoms with van der Waals surface area (Å²) >= 11 is 1.35. The Morgan fingerprint density at radius 1 is 1.38 bits per heavy atom. The molecule has 8 nitrogen and oxygen atoms in total. The zero-order chi connectivity index (χ0) is 17.5. The number of nitrogens with zero attached hydrogens (tertiary/aromatic N) is 5. The smallest absolute Gasteiger partial charge is 0.212 e. The quantitative estimate of drug-likeness (QED) is 0.429. The van der Waals surface area contributed by atoms with Gasteiger partial charge < -0.3 is 22.1 Å². The van der Waals surface area contributed by atoms with Crippen molar-refractivity contribution in [3.05, 3.63) is 29.6 Å². The third-order valence-electron chi connectivity index (χ3n) is 3.06. The number of hydrogen-bond donors (Lipinski definition) is 3. The fraction of sp³-hybridized carbons (Fsp3) is 0.200. The SMILES string of the molecule is CCCN(C(N)=NC#N)c1cccc(-c2csc(N=C(N)N)n2)c1. The van der Waals surface area contributed by atoms with Crippen molar-refractivity contribution in [3.8, 4) is 17.5 Å². The van der Waals surface area contributed by atoms with Gasteiger partial charge in [0.15, 0.2) is 5.96 Å². The highest BCUT2D eigenvalue weighted by Crippen LogP contribution is 2.29. The van der Waals surface area contributed by atoms with Crippen LogP contribution >= 0.6 is 11.3 Å². The fourth-order valence-corrected chi connectivity index (χ4v) is 2.82. The monoisotopic (exact) mass is 342 g/mol. The maximum absolute atomic E-state index is 8.72. The lowest BCUT2D eigenvalue weighted by Gasteiger charge is -2.22. The largest absolute Gasteiger partial charge is 0.370 e. The molecule has 0 aliphatic heterocycles. The van der Waals surface area contributed by atoms with Gasteiger partial charge in [-0.25, -0.2) is 4.98 Å². The summed E-state index contributed by atoms with van der Waals surface area (Å²) in [5.41, 5.74) is 19.1. The Morgan fingerprint density at radius 2 is 2.17 bits per heavy atom. The van der Waals surface area contributed by atoms with E-state index in [-0.39, 0.29) is 11.9 Å². The van der Waals surface area contributed by atoms with Gasteiger partial charge in [-0.15, -0.1) is 16.3 Å². The minimum absolute atomic E-state index is 0.0285. The van der Waals surface area contributed by atoms with Crippen molar-refractivity contribution in [2.45, 2.75) is 13.3 Å². The number of guanidine groups is 2. The van der Waals surface area contributed by atoms with Crippen LogP contribution in [-0.4, -0.2) is 23.4 Å². The average molecular weight is 342 g/mol. The zero-order valence-electron chi connectivity index (χ0n) is 13.2. The van der Waals surface area contributed by atoms with Crippen LogP contribution in [0.4, 0.5) is 10.8 Å². The topological polar surface area (TPSA) is 143 Å². The van der Waals surface area contributed by atoms with E-state index in [1.54, 1.807) is 11.1 Å². The molecule has 0 saturated heterocycles. The van der Waals surface area contributed by atoms with Gasteiger partial charge in [-0.2, -0.15) is 10.3 Å². The van der Waals surface area contributed by atoms with E-state index in [0.29, 0.717) is 11.7 Å². The summed E-state index contributed by atoms with van der Waals surface area (Å²) in [5.74, 6) is 0.134. The molecule has 0 spiro atoms. The number of aliphatic imine (C=N–C) groups is 2. The molecule has 1 heterocycles. The first-order valence-corrected chi connectivity index (χ1v) is 8.08. The Bertz CT molecular complexity index is 798. The normalized spacial score (nSPS) is 10.9. The van der Waals surface area contributed by atoms with E-state index in [1.165, 1.54) is 11.3 Å². The van der Waals surface area contributed by atoms with Crippen molar-refractivity contribution >= 4 is 34.1 Å². The van der Waals surface area contributed by atoms with Crippen LogP contribution < -0.4 is 22.1 Å². The van der Waals surface area contributed by atoms with E-state index >= 15 is 0 Å². The predicted molar refractivity (Wildman–Crippen MR) is 97.9 cm³/mol. The standard InChI is InChI=1S/C15H18N8S/c1-2-6-23(14(19)20-9-16)11-5-3-4-10(7-11)12-8-24-15(21-12)22-13(17)18/h3-5,7-8H,2,6H2,1H3,(H2,19,20)(H4,17,18,21,22). The van der Waals surface area contributed by atoms with Gasteiger partial charge in [-0.3, -0.25) is 0 Å². The first-order valence-electron chi connectivity index (χ1n) is 7.20. The third-order valence-corrected chi connectivity index (χ3v) is 3.79. The highest BCUT2D eigenvalue weighted by atomic mass is 32.1. The van der Waals surface area contributed by atoms with Gasteiger partial charge in [0.25, 0.3) is 0 Å². The summed E-state index contributed by atoms with van der Waals surface area (Å²) in [5, 5.41) is 11.1. The van der Waals surface area contributed by atoms with Crippen LogP contribution in [-0.2, 0) is 0 Å². The number of benzene rings is 1. The lowest BCUT2D eigenvalue weighted by Crippen LogP contribution is -2.37. The number of rotatable bonds is 5. The zero-order valence-corrected chi connectivity index (χ0v) is 14.0. The highest BCUT2D eigenvalue weighted by Gasteiger charge is 2.12. The molecule has 2 rings (SSSR count). The number of anilines is 1. The first kappa shape index (κ1) is 17.2. The molecule has 0 bridgehead atoms. The summed E-state index contributed by atoms with van der Waals surface area (Å²) in [6, 6.07) is 7.66. The molecule has 1 aromatic heterocycles. The highest BCUT2D eigenvalue weighted by molar-refractivity contribution is 7.13. The predicted octanol–water partition coefficient (Wildman–Crippen LogP) is 1.73. The van der Waals surface area contributed by atoms with Gasteiger partial charge in [0.2, 0.25) is 17.3 Å². The van der Waals surface area contributed by atoms with Crippen molar-refractivity contribution in [2.24, 2.45) is 27.2 Å². The van der Waals surface area contributed by atoms with Crippen LogP contribution in [0.3, 0.4) is 0 Å². The van der Waals surface area contributed by atoms with Crippen LogP contribution in [0.5, 0.6) is 0 Å². The molecule has 0 unspecified atom stereocenters. The van der Waals surface area contributed by atoms with Crippen molar-refractivity contribution in [1.82, 2.24) is 4.98 Å². The molecule has 0 radical (unpaired) electrons. The van der Waals surface area contributed by atoms with Gasteiger partial charge in [-0.05, 0) is 18.6 Å². The summed E-state index contributed by atoms with van der Waals surface area (Å²) in [6.45, 7) is 2.68. The fourth-order valence-electron chi connectivity index (χ4n) is 2.10. The van der Waals surface area contributed by atoms with Crippen molar-refractivity contribution in [3.63, 3.8) is 0 Å². The van der Waals surface area contributed by atoms with Gasteiger partial charge in [-0.1, -0.05) is 19.1 Å². The second-order valence-corrected chi connectivity index (χ2v) is 5.66. The molecule has 1 aromatic carbocycles. The Kier molecular flexibility index (Phi) is 5.70. The Morgan fingerprint density at radius 3 is 2.83 bits per heavy atom. The molecule has 0 amide bonds. The number of hydrogen-bond acceptors (Lipinski definition) is 5. The van der Waals surface area contributed by atoms with Crippen LogP contribution in [0.15, 0.2) is 39.6 Å². The number of thiazole rings is 1. The van der Waals surface area contributed by atoms with E-state index in [2.05, 4.69) is 15.0 Å².